The molecule has 7 aliphatic rings. The van der Waals surface area contributed by atoms with Crippen molar-refractivity contribution in [3.8, 4) is 33.9 Å². The van der Waals surface area contributed by atoms with Crippen LogP contribution in [0.1, 0.15) is 121 Å². The van der Waals surface area contributed by atoms with Gasteiger partial charge in [-0.3, -0.25) is 14.6 Å². The highest BCUT2D eigenvalue weighted by atomic mass is 16.5. The van der Waals surface area contributed by atoms with E-state index in [0.717, 1.165) is 87.5 Å². The maximum absolute atomic E-state index is 14.6. The molecule has 0 saturated carbocycles. The number of carbonyl (C=O) groups is 4. The Kier molecular flexibility index (Phi) is 12.9. The van der Waals surface area contributed by atoms with E-state index in [0.29, 0.717) is 57.7 Å². The van der Waals surface area contributed by atoms with Crippen LogP contribution in [0.4, 0.5) is 9.59 Å². The molecule has 0 unspecified atom stereocenters. The van der Waals surface area contributed by atoms with Gasteiger partial charge in [0.1, 0.15) is 42.6 Å². The normalized spacial score (nSPS) is 28.9. The summed E-state index contributed by atoms with van der Waals surface area (Å²) in [6, 6.07) is 6.44. The monoisotopic (exact) mass is 947 g/mol. The van der Waals surface area contributed by atoms with E-state index in [1.807, 2.05) is 49.9 Å². The number of aromatic nitrogens is 2. The molecule has 0 aliphatic carbocycles. The number of hydrogen-bond donors (Lipinski definition) is 3. The number of allylic oxidation sites excluding steroid dienone is 1. The van der Waals surface area contributed by atoms with E-state index in [9.17, 15) is 19.2 Å². The molecule has 4 amide bonds. The van der Waals surface area contributed by atoms with Crippen LogP contribution in [0, 0.1) is 11.8 Å². The van der Waals surface area contributed by atoms with Gasteiger partial charge in [-0.15, -0.1) is 0 Å². The van der Waals surface area contributed by atoms with Gasteiger partial charge >= 0.3 is 12.2 Å². The zero-order valence-electron chi connectivity index (χ0n) is 40.7. The molecule has 368 valence electrons. The summed E-state index contributed by atoms with van der Waals surface area (Å²) in [5.41, 5.74) is 8.78. The number of benzene rings is 2. The summed E-state index contributed by atoms with van der Waals surface area (Å²) in [5.74, 6) is 1.84. The largest absolute Gasteiger partial charge is 0.488 e. The van der Waals surface area contributed by atoms with Crippen molar-refractivity contribution in [1.82, 2.24) is 30.4 Å². The van der Waals surface area contributed by atoms with Crippen LogP contribution in [0.15, 0.2) is 41.7 Å². The number of carbonyl (C=O) groups excluding carboxylic acids is 4. The van der Waals surface area contributed by atoms with Crippen LogP contribution in [0.5, 0.6) is 11.5 Å². The third kappa shape index (κ3) is 9.08. The number of rotatable bonds is 10. The van der Waals surface area contributed by atoms with Gasteiger partial charge in [-0.1, -0.05) is 0 Å². The van der Waals surface area contributed by atoms with Crippen molar-refractivity contribution in [3.63, 3.8) is 0 Å². The average molecular weight is 948 g/mol. The number of ether oxygens (including phenoxy) is 6. The molecule has 7 aliphatic heterocycles. The van der Waals surface area contributed by atoms with Gasteiger partial charge < -0.3 is 53.8 Å². The third-order valence-corrected chi connectivity index (χ3v) is 15.4. The number of nitrogens with one attached hydrogen (secondary N) is 3. The molecule has 10 rings (SSSR count). The predicted molar refractivity (Wildman–Crippen MR) is 255 cm³/mol. The van der Waals surface area contributed by atoms with Crippen LogP contribution >= 0.6 is 0 Å². The Labute approximate surface area is 403 Å². The van der Waals surface area contributed by atoms with Crippen LogP contribution in [-0.2, 0) is 41.8 Å². The molecule has 9 atom stereocenters. The molecule has 0 spiro atoms. The van der Waals surface area contributed by atoms with Gasteiger partial charge in [-0.05, 0) is 133 Å². The number of imidazole rings is 1. The van der Waals surface area contributed by atoms with Crippen LogP contribution in [0.2, 0.25) is 0 Å². The van der Waals surface area contributed by atoms with Gasteiger partial charge in [0.05, 0.1) is 62.6 Å². The third-order valence-electron chi connectivity index (χ3n) is 15.4. The summed E-state index contributed by atoms with van der Waals surface area (Å²) in [4.78, 5) is 71.2. The van der Waals surface area contributed by atoms with Crippen molar-refractivity contribution in [2.24, 2.45) is 16.8 Å². The summed E-state index contributed by atoms with van der Waals surface area (Å²) >= 11 is 0. The molecule has 2 aromatic carbocycles. The second kappa shape index (κ2) is 19.1. The Balaban J connectivity index is 0.845. The fourth-order valence-corrected chi connectivity index (χ4v) is 12.4. The Morgan fingerprint density at radius 3 is 1.88 bits per heavy atom. The van der Waals surface area contributed by atoms with Gasteiger partial charge in [0.25, 0.3) is 0 Å². The first kappa shape index (κ1) is 46.8. The van der Waals surface area contributed by atoms with Crippen molar-refractivity contribution < 1.29 is 47.6 Å². The topological polar surface area (TPSA) is 195 Å². The van der Waals surface area contributed by atoms with Gasteiger partial charge in [0, 0.05) is 58.7 Å². The average Bonchev–Trinajstić information content (AvgIpc) is 4.18. The van der Waals surface area contributed by atoms with Crippen molar-refractivity contribution in [2.45, 2.75) is 160 Å². The molecule has 8 heterocycles. The molecule has 0 radical (unpaired) electrons. The standard InChI is InChI=1S/C52H65N7O10/c1-26-10-11-41(59(26)50(61)47(57-52(63)65-7)34-15-29(4)69-30(5)16-34)48-54-23-39(55-48)32-18-37-25-66-42-20-31(17-36-24-67-43(21-32)45(37)44(36)42)35-19-38(53-22-35)40-9-8-12-58(40)49(60)46(56-51(62)64-6)33-13-27(2)68-28(3)14-33/h17-18,20-23,26-30,33-34,40-41,46-47H,8-16,19,24-25H2,1-7H3,(H,54,55)(H,56,62)(H,57,63)/t26-,27+,28+,29+,30+,40-,41-,46-,47-/m0/s1. The zero-order chi connectivity index (χ0) is 48.2. The number of hydrogen-bond acceptors (Lipinski definition) is 12. The van der Waals surface area contributed by atoms with Crippen molar-refractivity contribution in [1.29, 1.82) is 0 Å². The lowest BCUT2D eigenvalue weighted by molar-refractivity contribution is -0.140. The number of likely N-dealkylation sites (tertiary alicyclic amines) is 2. The predicted octanol–water partition coefficient (Wildman–Crippen LogP) is 7.61. The lowest BCUT2D eigenvalue weighted by atomic mass is 9.85. The first-order chi connectivity index (χ1) is 33.3. The Morgan fingerprint density at radius 1 is 0.725 bits per heavy atom. The van der Waals surface area contributed by atoms with Crippen molar-refractivity contribution >= 4 is 35.3 Å². The Hall–Kier alpha value is -5.94. The van der Waals surface area contributed by atoms with Gasteiger partial charge in [-0.25, -0.2) is 14.6 Å². The summed E-state index contributed by atoms with van der Waals surface area (Å²) in [6.45, 7) is 11.4. The highest BCUT2D eigenvalue weighted by Crippen LogP contribution is 2.51. The van der Waals surface area contributed by atoms with E-state index in [4.69, 9.17) is 38.4 Å². The minimum Gasteiger partial charge on any atom is -0.488 e. The molecule has 4 fully saturated rings. The minimum atomic E-state index is -0.757. The summed E-state index contributed by atoms with van der Waals surface area (Å²) in [7, 11) is 2.63. The van der Waals surface area contributed by atoms with Crippen molar-refractivity contribution in [3.05, 3.63) is 59.2 Å². The van der Waals surface area contributed by atoms with Crippen molar-refractivity contribution in [2.75, 3.05) is 20.8 Å². The smallest absolute Gasteiger partial charge is 0.407 e. The molecular weight excluding hydrogens is 883 g/mol. The molecule has 3 aromatic rings. The zero-order valence-corrected chi connectivity index (χ0v) is 40.7. The lowest BCUT2D eigenvalue weighted by Gasteiger charge is -2.39. The summed E-state index contributed by atoms with van der Waals surface area (Å²) in [6.07, 6.45) is 8.79. The Bertz CT molecular complexity index is 2500. The quantitative estimate of drug-likeness (QED) is 0.181. The first-order valence-electron chi connectivity index (χ1n) is 24.8. The SMILES string of the molecule is COC(=O)N[C@H](C(=O)N1CCC[C@H]1C1=NC=C(c2cc3c4c(c2)OCc2cc(-c5cnc([C@@H]6CC[C@H](C)N6C(=O)[C@@H](NC(=O)OC)C6C[C@@H](C)O[C@H](C)C6)[nH]5)cc(c2-4)OC3)C1)C1C[C@@H](C)O[C@H](C)C1. The molecule has 0 bridgehead atoms. The molecule has 1 aromatic heterocycles. The van der Waals surface area contributed by atoms with E-state index in [1.54, 1.807) is 0 Å². The fraction of sp³-hybridized carbons (Fsp3) is 0.577. The van der Waals surface area contributed by atoms with E-state index < -0.39 is 24.3 Å². The molecule has 4 saturated heterocycles. The number of nitrogens with zero attached hydrogens (tertiary/aromatic N) is 4. The lowest BCUT2D eigenvalue weighted by Crippen LogP contribution is -2.56. The van der Waals surface area contributed by atoms with Crippen LogP contribution in [0.3, 0.4) is 0 Å². The highest BCUT2D eigenvalue weighted by molar-refractivity contribution is 6.04. The highest BCUT2D eigenvalue weighted by Gasteiger charge is 2.46. The molecule has 17 heteroatoms. The Morgan fingerprint density at radius 2 is 1.29 bits per heavy atom. The number of aliphatic imine (C=N–C) groups is 1. The van der Waals surface area contributed by atoms with E-state index in [2.05, 4.69) is 46.8 Å². The number of alkyl carbamates (subject to hydrolysis) is 2. The number of aromatic amines is 1. The van der Waals surface area contributed by atoms with E-state index in [-0.39, 0.29) is 66.2 Å². The first-order valence-corrected chi connectivity index (χ1v) is 24.8. The van der Waals surface area contributed by atoms with Gasteiger partial charge in [-0.2, -0.15) is 0 Å². The molecule has 3 N–H and O–H groups in total. The summed E-state index contributed by atoms with van der Waals surface area (Å²) < 4.78 is 35.0. The van der Waals surface area contributed by atoms with Gasteiger partial charge in [0.15, 0.2) is 0 Å². The van der Waals surface area contributed by atoms with E-state index in [1.165, 1.54) is 14.2 Å². The number of amides is 4. The maximum Gasteiger partial charge on any atom is 0.407 e. The maximum atomic E-state index is 14.6. The molecule has 17 nitrogen and oxygen atoms in total. The van der Waals surface area contributed by atoms with Crippen LogP contribution in [-0.4, -0.2) is 119 Å². The molecular formula is C52H65N7O10. The molecule has 69 heavy (non-hydrogen) atoms. The van der Waals surface area contributed by atoms with Crippen LogP contribution in [0.25, 0.3) is 28.0 Å². The second-order valence-electron chi connectivity index (χ2n) is 20.3. The number of methoxy groups -OCH3 is 2. The number of H-pyrrole nitrogens is 1. The fourth-order valence-electron chi connectivity index (χ4n) is 12.4. The minimum absolute atomic E-state index is 0.0205. The van der Waals surface area contributed by atoms with Crippen LogP contribution < -0.4 is 20.1 Å². The summed E-state index contributed by atoms with van der Waals surface area (Å²) in [5, 5.41) is 5.77. The van der Waals surface area contributed by atoms with E-state index >= 15 is 0 Å². The van der Waals surface area contributed by atoms with Gasteiger partial charge in [0.2, 0.25) is 11.8 Å². The second-order valence-corrected chi connectivity index (χ2v) is 20.3.